The molecule has 0 spiro atoms. The van der Waals surface area contributed by atoms with Crippen LogP contribution in [-0.4, -0.2) is 18.1 Å². The summed E-state index contributed by atoms with van der Waals surface area (Å²) in [5.74, 6) is 1.28. The lowest BCUT2D eigenvalue weighted by molar-refractivity contribution is 0.102. The lowest BCUT2D eigenvalue weighted by Gasteiger charge is -2.14. The Labute approximate surface area is 157 Å². The fraction of sp³-hybridized carbons (Fsp3) is 0.350. The number of hydrogen-bond acceptors (Lipinski definition) is 3. The minimum Gasteiger partial charge on any atom is -0.491 e. The normalized spacial score (nSPS) is 11.9. The summed E-state index contributed by atoms with van der Waals surface area (Å²) in [7, 11) is 0. The van der Waals surface area contributed by atoms with Crippen molar-refractivity contribution in [2.75, 3.05) is 5.32 Å². The maximum Gasteiger partial charge on any atom is 0.255 e. The zero-order valence-corrected chi connectivity index (χ0v) is 16.6. The van der Waals surface area contributed by atoms with Crippen LogP contribution in [0.25, 0.3) is 0 Å². The van der Waals surface area contributed by atoms with E-state index in [0.29, 0.717) is 11.3 Å². The van der Waals surface area contributed by atoms with E-state index >= 15 is 0 Å². The van der Waals surface area contributed by atoms with Crippen molar-refractivity contribution in [2.24, 2.45) is 0 Å². The smallest absolute Gasteiger partial charge is 0.255 e. The van der Waals surface area contributed by atoms with Gasteiger partial charge >= 0.3 is 0 Å². The molecule has 2 aromatic carbocycles. The lowest BCUT2D eigenvalue weighted by Crippen LogP contribution is -2.13. The fourth-order valence-corrected chi connectivity index (χ4v) is 2.63. The molecule has 5 heteroatoms. The fourth-order valence-electron chi connectivity index (χ4n) is 2.16. The van der Waals surface area contributed by atoms with Gasteiger partial charge in [-0.3, -0.25) is 4.79 Å². The molecular formula is C20H24BrNO3. The van der Waals surface area contributed by atoms with Gasteiger partial charge in [-0.05, 0) is 73.5 Å². The Morgan fingerprint density at radius 3 is 2.52 bits per heavy atom. The third-order valence-electron chi connectivity index (χ3n) is 3.56. The largest absolute Gasteiger partial charge is 0.491 e. The molecule has 0 aliphatic carbocycles. The van der Waals surface area contributed by atoms with Gasteiger partial charge in [0.15, 0.2) is 0 Å². The van der Waals surface area contributed by atoms with Crippen molar-refractivity contribution in [2.45, 2.75) is 46.3 Å². The molecule has 0 heterocycles. The van der Waals surface area contributed by atoms with Gasteiger partial charge in [-0.2, -0.15) is 0 Å². The van der Waals surface area contributed by atoms with Gasteiger partial charge in [0.2, 0.25) is 0 Å². The van der Waals surface area contributed by atoms with Crippen LogP contribution in [0.3, 0.4) is 0 Å². The third kappa shape index (κ3) is 5.78. The highest BCUT2D eigenvalue weighted by Gasteiger charge is 2.11. The zero-order chi connectivity index (χ0) is 18.4. The predicted octanol–water partition coefficient (Wildman–Crippen LogP) is 5.67. The standard InChI is InChI=1S/C20H24BrNO3/c1-5-14(4)25-17-8-6-7-16(12-17)22-20(23)15-9-10-19(18(21)11-15)24-13(2)3/h6-14H,5H2,1-4H3,(H,22,23). The van der Waals surface area contributed by atoms with Gasteiger partial charge in [0.05, 0.1) is 16.7 Å². The van der Waals surface area contributed by atoms with E-state index in [1.54, 1.807) is 18.2 Å². The molecule has 0 aliphatic heterocycles. The average Bonchev–Trinajstić information content (AvgIpc) is 2.56. The van der Waals surface area contributed by atoms with E-state index in [9.17, 15) is 4.79 Å². The predicted molar refractivity (Wildman–Crippen MR) is 105 cm³/mol. The molecule has 0 aliphatic rings. The third-order valence-corrected chi connectivity index (χ3v) is 4.18. The molecule has 1 atom stereocenters. The molecule has 0 aromatic heterocycles. The van der Waals surface area contributed by atoms with Gasteiger partial charge in [-0.15, -0.1) is 0 Å². The van der Waals surface area contributed by atoms with Crippen molar-refractivity contribution in [3.8, 4) is 11.5 Å². The molecule has 0 fully saturated rings. The average molecular weight is 406 g/mol. The molecule has 134 valence electrons. The Bertz CT molecular complexity index is 731. The Morgan fingerprint density at radius 2 is 1.88 bits per heavy atom. The molecule has 1 unspecified atom stereocenters. The summed E-state index contributed by atoms with van der Waals surface area (Å²) in [5, 5.41) is 2.90. The first-order valence-corrected chi connectivity index (χ1v) is 9.22. The molecule has 1 N–H and O–H groups in total. The van der Waals surface area contributed by atoms with Crippen LogP contribution in [0.15, 0.2) is 46.9 Å². The van der Waals surface area contributed by atoms with Crippen LogP contribution in [0.1, 0.15) is 44.5 Å². The van der Waals surface area contributed by atoms with Gasteiger partial charge in [0.25, 0.3) is 5.91 Å². The number of carbonyl (C=O) groups excluding carboxylic acids is 1. The van der Waals surface area contributed by atoms with E-state index in [4.69, 9.17) is 9.47 Å². The van der Waals surface area contributed by atoms with E-state index in [2.05, 4.69) is 28.2 Å². The van der Waals surface area contributed by atoms with Gasteiger partial charge in [-0.1, -0.05) is 13.0 Å². The molecule has 0 saturated carbocycles. The lowest BCUT2D eigenvalue weighted by atomic mass is 10.2. The van der Waals surface area contributed by atoms with Crippen molar-refractivity contribution in [3.05, 3.63) is 52.5 Å². The van der Waals surface area contributed by atoms with E-state index in [0.717, 1.165) is 22.4 Å². The second kappa shape index (κ2) is 8.90. The minimum atomic E-state index is -0.183. The second-order valence-electron chi connectivity index (χ2n) is 6.13. The maximum atomic E-state index is 12.5. The number of ether oxygens (including phenoxy) is 2. The zero-order valence-electron chi connectivity index (χ0n) is 15.0. The van der Waals surface area contributed by atoms with Crippen LogP contribution in [0.5, 0.6) is 11.5 Å². The number of carbonyl (C=O) groups is 1. The Kier molecular flexibility index (Phi) is 6.88. The monoisotopic (exact) mass is 405 g/mol. The number of rotatable bonds is 7. The molecule has 0 saturated heterocycles. The number of benzene rings is 2. The topological polar surface area (TPSA) is 47.6 Å². The summed E-state index contributed by atoms with van der Waals surface area (Å²) in [4.78, 5) is 12.5. The molecule has 0 radical (unpaired) electrons. The summed E-state index contributed by atoms with van der Waals surface area (Å²) < 4.78 is 12.2. The Morgan fingerprint density at radius 1 is 1.12 bits per heavy atom. The minimum absolute atomic E-state index is 0.0734. The van der Waals surface area contributed by atoms with Crippen LogP contribution >= 0.6 is 15.9 Å². The first-order valence-electron chi connectivity index (χ1n) is 8.43. The maximum absolute atomic E-state index is 12.5. The quantitative estimate of drug-likeness (QED) is 0.645. The van der Waals surface area contributed by atoms with Crippen LogP contribution in [0.2, 0.25) is 0 Å². The van der Waals surface area contributed by atoms with Crippen LogP contribution in [0, 0.1) is 0 Å². The summed E-state index contributed by atoms with van der Waals surface area (Å²) in [6.07, 6.45) is 1.13. The van der Waals surface area contributed by atoms with E-state index in [-0.39, 0.29) is 18.1 Å². The summed E-state index contributed by atoms with van der Waals surface area (Å²) >= 11 is 3.45. The number of nitrogens with one attached hydrogen (secondary N) is 1. The summed E-state index contributed by atoms with van der Waals surface area (Å²) in [5.41, 5.74) is 1.25. The number of halogens is 1. The van der Waals surface area contributed by atoms with Crippen molar-refractivity contribution < 1.29 is 14.3 Å². The molecule has 4 nitrogen and oxygen atoms in total. The van der Waals surface area contributed by atoms with Gasteiger partial charge < -0.3 is 14.8 Å². The van der Waals surface area contributed by atoms with Crippen LogP contribution in [0.4, 0.5) is 5.69 Å². The SMILES string of the molecule is CCC(C)Oc1cccc(NC(=O)c2ccc(OC(C)C)c(Br)c2)c1. The first-order chi connectivity index (χ1) is 11.9. The molecular weight excluding hydrogens is 382 g/mol. The van der Waals surface area contributed by atoms with Crippen molar-refractivity contribution in [1.82, 2.24) is 0 Å². The number of amides is 1. The van der Waals surface area contributed by atoms with Gasteiger partial charge in [0.1, 0.15) is 11.5 Å². The highest BCUT2D eigenvalue weighted by Crippen LogP contribution is 2.27. The number of hydrogen-bond donors (Lipinski definition) is 1. The molecule has 0 bridgehead atoms. The second-order valence-corrected chi connectivity index (χ2v) is 6.98. The molecule has 25 heavy (non-hydrogen) atoms. The van der Waals surface area contributed by atoms with Crippen molar-refractivity contribution >= 4 is 27.5 Å². The summed E-state index contributed by atoms with van der Waals surface area (Å²) in [6, 6.07) is 12.7. The highest BCUT2D eigenvalue weighted by molar-refractivity contribution is 9.10. The Hall–Kier alpha value is -2.01. The Balaban J connectivity index is 2.09. The van der Waals surface area contributed by atoms with Gasteiger partial charge in [0, 0.05) is 17.3 Å². The van der Waals surface area contributed by atoms with Crippen molar-refractivity contribution in [3.63, 3.8) is 0 Å². The molecule has 2 rings (SSSR count). The number of anilines is 1. The molecule has 1 amide bonds. The van der Waals surface area contributed by atoms with E-state index in [1.165, 1.54) is 0 Å². The van der Waals surface area contributed by atoms with Crippen LogP contribution < -0.4 is 14.8 Å². The summed E-state index contributed by atoms with van der Waals surface area (Å²) in [6.45, 7) is 8.01. The van der Waals surface area contributed by atoms with Crippen LogP contribution in [-0.2, 0) is 0 Å². The van der Waals surface area contributed by atoms with E-state index < -0.39 is 0 Å². The van der Waals surface area contributed by atoms with E-state index in [1.807, 2.05) is 45.0 Å². The van der Waals surface area contributed by atoms with Gasteiger partial charge in [-0.25, -0.2) is 0 Å². The molecule has 2 aromatic rings. The van der Waals surface area contributed by atoms with Crippen molar-refractivity contribution in [1.29, 1.82) is 0 Å². The highest BCUT2D eigenvalue weighted by atomic mass is 79.9. The first kappa shape index (κ1) is 19.3.